The van der Waals surface area contributed by atoms with Crippen molar-refractivity contribution >= 4 is 50.2 Å². The molecule has 3 aromatic heterocycles. The number of rotatable bonds is 9. The zero-order valence-corrected chi connectivity index (χ0v) is 34.6. The van der Waals surface area contributed by atoms with Crippen LogP contribution in [0.4, 0.5) is 36.6 Å². The molecule has 0 radical (unpaired) electrons. The van der Waals surface area contributed by atoms with Gasteiger partial charge in [-0.05, 0) is 79.8 Å². The summed E-state index contributed by atoms with van der Waals surface area (Å²) in [5.41, 5.74) is -2.16. The number of hydrogen-bond acceptors (Lipinski definition) is 7. The fourth-order valence-electron chi connectivity index (χ4n) is 8.85. The molecule has 2 fully saturated rings. The quantitative estimate of drug-likeness (QED) is 0.118. The lowest BCUT2D eigenvalue weighted by Crippen LogP contribution is -2.36. The zero-order chi connectivity index (χ0) is 44.6. The van der Waals surface area contributed by atoms with Gasteiger partial charge in [0.2, 0.25) is 21.8 Å². The Morgan fingerprint density at radius 2 is 1.74 bits per heavy atom. The van der Waals surface area contributed by atoms with Crippen LogP contribution in [0.1, 0.15) is 78.5 Å². The Labute approximate surface area is 354 Å². The van der Waals surface area contributed by atoms with Crippen molar-refractivity contribution in [2.75, 3.05) is 17.5 Å². The Balaban J connectivity index is 1.28. The number of fused-ring (bicyclic) bond motifs is 4. The van der Waals surface area contributed by atoms with E-state index < -0.39 is 93.5 Å². The summed E-state index contributed by atoms with van der Waals surface area (Å²) in [6.45, 7) is 0.824. The first-order valence-corrected chi connectivity index (χ1v) is 21.6. The summed E-state index contributed by atoms with van der Waals surface area (Å²) in [6.07, 6.45) is -3.19. The van der Waals surface area contributed by atoms with Crippen molar-refractivity contribution < 1.29 is 48.7 Å². The molecule has 4 atom stereocenters. The maximum absolute atomic E-state index is 15.7. The number of aromatic nitrogens is 5. The number of benzene rings is 2. The first-order chi connectivity index (χ1) is 29.1. The van der Waals surface area contributed by atoms with Crippen LogP contribution in [0.3, 0.4) is 0 Å². The molecule has 5 aromatic rings. The normalized spacial score (nSPS) is 19.7. The monoisotopic (exact) mass is 904 g/mol. The molecule has 62 heavy (non-hydrogen) atoms. The van der Waals surface area contributed by atoms with Crippen LogP contribution in [0.5, 0.6) is 0 Å². The molecule has 326 valence electrons. The van der Waals surface area contributed by atoms with Gasteiger partial charge in [-0.15, -0.1) is 0 Å². The molecule has 2 aromatic carbocycles. The number of amides is 2. The van der Waals surface area contributed by atoms with Crippen LogP contribution in [-0.2, 0) is 51.7 Å². The molecule has 21 heteroatoms. The van der Waals surface area contributed by atoms with E-state index in [0.717, 1.165) is 18.4 Å². The number of carbonyl (C=O) groups is 2. The summed E-state index contributed by atoms with van der Waals surface area (Å²) in [5.74, 6) is -3.45. The second-order valence-corrected chi connectivity index (χ2v) is 17.9. The lowest BCUT2D eigenvalue weighted by Gasteiger charge is -2.34. The lowest BCUT2D eigenvalue weighted by molar-refractivity contribution is -0.144. The highest BCUT2D eigenvalue weighted by atomic mass is 35.5. The third-order valence-corrected chi connectivity index (χ3v) is 12.3. The van der Waals surface area contributed by atoms with Crippen molar-refractivity contribution in [2.24, 2.45) is 13.0 Å². The van der Waals surface area contributed by atoms with Crippen molar-refractivity contribution in [1.82, 2.24) is 34.8 Å². The lowest BCUT2D eigenvalue weighted by atomic mass is 9.73. The van der Waals surface area contributed by atoms with E-state index in [9.17, 15) is 40.0 Å². The second-order valence-electron chi connectivity index (χ2n) is 15.7. The van der Waals surface area contributed by atoms with E-state index in [0.29, 0.717) is 35.7 Å². The van der Waals surface area contributed by atoms with Gasteiger partial charge in [-0.1, -0.05) is 23.6 Å². The molecule has 2 aliphatic carbocycles. The average molecular weight is 905 g/mol. The Morgan fingerprint density at radius 1 is 1.03 bits per heavy atom. The number of aryl methyl sites for hydroxylation is 1. The molecule has 1 saturated heterocycles. The second kappa shape index (κ2) is 15.6. The van der Waals surface area contributed by atoms with Gasteiger partial charge >= 0.3 is 6.18 Å². The highest BCUT2D eigenvalue weighted by Crippen LogP contribution is 2.64. The summed E-state index contributed by atoms with van der Waals surface area (Å²) >= 11 is 6.61. The van der Waals surface area contributed by atoms with E-state index in [4.69, 9.17) is 16.6 Å². The third-order valence-electron chi connectivity index (χ3n) is 11.5. The Kier molecular flexibility index (Phi) is 10.8. The molecule has 1 saturated carbocycles. The molecular formula is C41H36ClF7N8O4S. The zero-order valence-electron chi connectivity index (χ0n) is 33.0. The smallest absolute Gasteiger partial charge is 0.346 e. The van der Waals surface area contributed by atoms with Gasteiger partial charge in [0.1, 0.15) is 29.6 Å². The number of likely N-dealkylation sites (tertiary alicyclic amines) is 1. The number of anilines is 1. The topological polar surface area (TPSA) is 144 Å². The first kappa shape index (κ1) is 43.0. The van der Waals surface area contributed by atoms with Gasteiger partial charge < -0.3 is 10.2 Å². The number of halogens is 8. The van der Waals surface area contributed by atoms with Crippen LogP contribution >= 0.6 is 11.6 Å². The Bertz CT molecular complexity index is 2830. The molecule has 8 rings (SSSR count). The van der Waals surface area contributed by atoms with Gasteiger partial charge in [-0.25, -0.2) is 22.2 Å². The van der Waals surface area contributed by atoms with E-state index in [1.54, 1.807) is 17.0 Å². The van der Waals surface area contributed by atoms with Gasteiger partial charge in [-0.3, -0.25) is 23.7 Å². The molecule has 0 spiro atoms. The fourth-order valence-corrected chi connectivity index (χ4v) is 9.58. The van der Waals surface area contributed by atoms with Crippen LogP contribution in [0.2, 0.25) is 5.02 Å². The molecule has 1 aliphatic heterocycles. The predicted molar refractivity (Wildman–Crippen MR) is 212 cm³/mol. The van der Waals surface area contributed by atoms with Crippen molar-refractivity contribution in [2.45, 2.75) is 75.7 Å². The standard InChI is InChI=1S/C41H36ClF7N8O4S/c1-20(58)56-14-4-5-25(56)8-6-24-7-9-26(27-11-13-30(42)34-36(27)55(2)53-39(34)54-62(3,60)61)35(50-24)31(17-21-15-22(43)18-23(44)16-21)51-32(59)19-57-38-33(37(52-57)41(47,48)49)28-10-12-29(28)40(38,45)46/h7,9,11,13,15-16,18,25,28-29,31H,4-5,10,12,14,17,19H2,1-3H3,(H,51,59)(H,53,54)/t25?,28?,29-,31?/m1/s1. The maximum Gasteiger partial charge on any atom is 0.435 e. The first-order valence-electron chi connectivity index (χ1n) is 19.3. The van der Waals surface area contributed by atoms with E-state index in [-0.39, 0.29) is 63.0 Å². The predicted octanol–water partition coefficient (Wildman–Crippen LogP) is 7.22. The summed E-state index contributed by atoms with van der Waals surface area (Å²) in [6, 6.07) is 6.92. The summed E-state index contributed by atoms with van der Waals surface area (Å²) < 4.78 is 132. The number of carbonyl (C=O) groups excluding carboxylic acids is 2. The Hall–Kier alpha value is -5.68. The third kappa shape index (κ3) is 7.96. The number of nitrogens with zero attached hydrogens (tertiary/aromatic N) is 6. The summed E-state index contributed by atoms with van der Waals surface area (Å²) in [5, 5.41) is 10.8. The van der Waals surface area contributed by atoms with Crippen LogP contribution in [0.25, 0.3) is 22.0 Å². The van der Waals surface area contributed by atoms with E-state index in [1.165, 1.54) is 30.8 Å². The van der Waals surface area contributed by atoms with E-state index >= 15 is 8.78 Å². The number of sulfonamides is 1. The molecule has 3 unspecified atom stereocenters. The molecule has 0 bridgehead atoms. The minimum absolute atomic E-state index is 0.00263. The maximum atomic E-state index is 15.7. The van der Waals surface area contributed by atoms with Crippen molar-refractivity contribution in [3.63, 3.8) is 0 Å². The van der Waals surface area contributed by atoms with E-state index in [2.05, 4.69) is 32.1 Å². The fraction of sp³-hybridized carbons (Fsp3) is 0.390. The van der Waals surface area contributed by atoms with Gasteiger partial charge in [-0.2, -0.15) is 32.1 Å². The van der Waals surface area contributed by atoms with E-state index in [1.807, 2.05) is 0 Å². The molecule has 3 aliphatic rings. The summed E-state index contributed by atoms with van der Waals surface area (Å²) in [7, 11) is -2.35. The Morgan fingerprint density at radius 3 is 2.39 bits per heavy atom. The minimum atomic E-state index is -5.09. The number of nitrogens with one attached hydrogen (secondary N) is 2. The SMILES string of the molecule is CC(=O)N1CCCC1C#Cc1ccc(-c2ccc(Cl)c3c(NS(C)(=O)=O)nn(C)c23)c(C(Cc2cc(F)cc(F)c2)NC(=O)Cn2nc(C(F)(F)F)c3c2C(F)(F)[C@@H]2CCC32)n1. The minimum Gasteiger partial charge on any atom is -0.346 e. The number of alkyl halides is 5. The van der Waals surface area contributed by atoms with Gasteiger partial charge in [0.05, 0.1) is 40.0 Å². The van der Waals surface area contributed by atoms with Gasteiger partial charge in [0.25, 0.3) is 5.92 Å². The highest BCUT2D eigenvalue weighted by molar-refractivity contribution is 7.92. The number of hydrogen-bond donors (Lipinski definition) is 2. The van der Waals surface area contributed by atoms with Crippen LogP contribution in [0.15, 0.2) is 42.5 Å². The largest absolute Gasteiger partial charge is 0.435 e. The average Bonchev–Trinajstić information content (AvgIpc) is 3.88. The highest BCUT2D eigenvalue weighted by Gasteiger charge is 2.63. The molecule has 2 amide bonds. The molecule has 4 heterocycles. The molecular weight excluding hydrogens is 869 g/mol. The molecule has 2 N–H and O–H groups in total. The van der Waals surface area contributed by atoms with Crippen molar-refractivity contribution in [3.8, 4) is 23.0 Å². The number of pyridine rings is 1. The van der Waals surface area contributed by atoms with Crippen LogP contribution in [0, 0.1) is 29.4 Å². The van der Waals surface area contributed by atoms with Crippen molar-refractivity contribution in [1.29, 1.82) is 0 Å². The van der Waals surface area contributed by atoms with Gasteiger partial charge in [0.15, 0.2) is 11.5 Å². The van der Waals surface area contributed by atoms with Crippen LogP contribution in [-0.4, -0.2) is 68.5 Å². The molecule has 12 nitrogen and oxygen atoms in total. The van der Waals surface area contributed by atoms with Crippen molar-refractivity contribution in [3.05, 3.63) is 93.0 Å². The van der Waals surface area contributed by atoms with Crippen LogP contribution < -0.4 is 10.0 Å². The summed E-state index contributed by atoms with van der Waals surface area (Å²) in [4.78, 5) is 32.8. The van der Waals surface area contributed by atoms with Gasteiger partial charge in [0, 0.05) is 49.2 Å².